The van der Waals surface area contributed by atoms with Crippen molar-refractivity contribution < 1.29 is 15.1 Å². The summed E-state index contributed by atoms with van der Waals surface area (Å²) >= 11 is 0. The average molecular weight is 223 g/mol. The van der Waals surface area contributed by atoms with Gasteiger partial charge in [-0.2, -0.15) is 5.48 Å². The minimum absolute atomic E-state index is 0.0994. The maximum absolute atomic E-state index is 10.1. The van der Waals surface area contributed by atoms with Gasteiger partial charge in [0.15, 0.2) is 0 Å². The summed E-state index contributed by atoms with van der Waals surface area (Å²) in [6, 6.07) is 9.60. The number of nitrogens with one attached hydrogen (secondary N) is 1. The van der Waals surface area contributed by atoms with Crippen molar-refractivity contribution in [2.24, 2.45) is 0 Å². The van der Waals surface area contributed by atoms with Crippen molar-refractivity contribution in [2.75, 3.05) is 0 Å². The quantitative estimate of drug-likeness (QED) is 0.703. The van der Waals surface area contributed by atoms with Crippen molar-refractivity contribution in [3.8, 4) is 0 Å². The first-order valence-electron chi connectivity index (χ1n) is 5.36. The van der Waals surface area contributed by atoms with E-state index in [1.807, 2.05) is 30.3 Å². The summed E-state index contributed by atoms with van der Waals surface area (Å²) in [5.41, 5.74) is 2.49. The van der Waals surface area contributed by atoms with Crippen LogP contribution < -0.4 is 5.48 Å². The number of rotatable bonds is 2. The van der Waals surface area contributed by atoms with Gasteiger partial charge in [0.25, 0.3) is 0 Å². The van der Waals surface area contributed by atoms with E-state index in [0.717, 1.165) is 5.56 Å². The maximum atomic E-state index is 10.1. The Hall–Kier alpha value is -0.940. The highest BCUT2D eigenvalue weighted by Gasteiger charge is 2.50. The lowest BCUT2D eigenvalue weighted by molar-refractivity contribution is -0.284. The lowest BCUT2D eigenvalue weighted by Gasteiger charge is -2.32. The lowest BCUT2D eigenvalue weighted by atomic mass is 9.90. The third kappa shape index (κ3) is 1.97. The van der Waals surface area contributed by atoms with Crippen LogP contribution in [0.1, 0.15) is 31.9 Å². The molecule has 3 N–H and O–H groups in total. The highest BCUT2D eigenvalue weighted by atomic mass is 16.8. The fourth-order valence-electron chi connectivity index (χ4n) is 1.77. The van der Waals surface area contributed by atoms with Gasteiger partial charge in [0.2, 0.25) is 5.79 Å². The van der Waals surface area contributed by atoms with Gasteiger partial charge in [-0.05, 0) is 19.4 Å². The number of hydrogen-bond acceptors (Lipinski definition) is 4. The van der Waals surface area contributed by atoms with Crippen molar-refractivity contribution in [3.63, 3.8) is 0 Å². The van der Waals surface area contributed by atoms with E-state index in [2.05, 4.69) is 5.48 Å². The van der Waals surface area contributed by atoms with Crippen LogP contribution in [0.4, 0.5) is 0 Å². The van der Waals surface area contributed by atoms with Crippen molar-refractivity contribution >= 4 is 0 Å². The van der Waals surface area contributed by atoms with Crippen LogP contribution in [-0.2, 0) is 4.84 Å². The smallest absolute Gasteiger partial charge is 0.215 e. The zero-order chi connectivity index (χ0) is 11.8. The van der Waals surface area contributed by atoms with Crippen molar-refractivity contribution in [1.82, 2.24) is 5.48 Å². The van der Waals surface area contributed by atoms with Crippen molar-refractivity contribution in [3.05, 3.63) is 35.9 Å². The molecule has 1 saturated heterocycles. The second-order valence-corrected chi connectivity index (χ2v) is 4.73. The zero-order valence-corrected chi connectivity index (χ0v) is 9.47. The molecule has 1 aliphatic rings. The highest BCUT2D eigenvalue weighted by Crippen LogP contribution is 2.37. The van der Waals surface area contributed by atoms with Crippen LogP contribution in [0.5, 0.6) is 0 Å². The van der Waals surface area contributed by atoms with Gasteiger partial charge in [-0.15, -0.1) is 0 Å². The summed E-state index contributed by atoms with van der Waals surface area (Å²) in [6.07, 6.45) is 0.320. The predicted molar refractivity (Wildman–Crippen MR) is 59.3 cm³/mol. The summed E-state index contributed by atoms with van der Waals surface area (Å²) in [7, 11) is 0. The molecule has 1 heterocycles. The van der Waals surface area contributed by atoms with Crippen molar-refractivity contribution in [2.45, 2.75) is 37.7 Å². The Morgan fingerprint density at radius 1 is 1.38 bits per heavy atom. The molecule has 1 fully saturated rings. The Bertz CT molecular complexity index is 360. The van der Waals surface area contributed by atoms with Crippen LogP contribution >= 0.6 is 0 Å². The summed E-state index contributed by atoms with van der Waals surface area (Å²) in [5.74, 6) is -1.55. The van der Waals surface area contributed by atoms with Gasteiger partial charge >= 0.3 is 0 Å². The first-order chi connectivity index (χ1) is 7.42. The summed E-state index contributed by atoms with van der Waals surface area (Å²) in [4.78, 5) is 5.13. The third-order valence-corrected chi connectivity index (χ3v) is 3.01. The molecule has 4 heteroatoms. The number of hydroxylamine groups is 1. The first kappa shape index (κ1) is 11.5. The van der Waals surface area contributed by atoms with Gasteiger partial charge in [-0.25, -0.2) is 0 Å². The topological polar surface area (TPSA) is 61.7 Å². The summed E-state index contributed by atoms with van der Waals surface area (Å²) < 4.78 is 0. The molecule has 0 unspecified atom stereocenters. The lowest BCUT2D eigenvalue weighted by Crippen LogP contribution is -2.50. The van der Waals surface area contributed by atoms with Crippen LogP contribution in [0.3, 0.4) is 0 Å². The number of hydrogen-bond donors (Lipinski definition) is 3. The van der Waals surface area contributed by atoms with Crippen LogP contribution in [0.25, 0.3) is 0 Å². The first-order valence-corrected chi connectivity index (χ1v) is 5.36. The molecule has 1 aromatic rings. The van der Waals surface area contributed by atoms with E-state index in [1.165, 1.54) is 13.8 Å². The molecule has 0 amide bonds. The van der Waals surface area contributed by atoms with Crippen LogP contribution in [0, 0.1) is 0 Å². The normalized spacial score (nSPS) is 30.6. The minimum Gasteiger partial charge on any atom is -0.385 e. The number of aliphatic hydroxyl groups is 2. The molecular formula is C12H17NO3. The second-order valence-electron chi connectivity index (χ2n) is 4.73. The SMILES string of the molecule is CC(C)(O)[C@@]1(O)C[C@H](c2ccccc2)NO1. The van der Waals surface area contributed by atoms with Gasteiger partial charge in [-0.3, -0.25) is 4.84 Å². The van der Waals surface area contributed by atoms with Gasteiger partial charge in [0, 0.05) is 6.42 Å². The monoisotopic (exact) mass is 223 g/mol. The van der Waals surface area contributed by atoms with E-state index in [9.17, 15) is 10.2 Å². The van der Waals surface area contributed by atoms with E-state index in [1.54, 1.807) is 0 Å². The molecule has 0 aliphatic carbocycles. The molecule has 0 aromatic heterocycles. The van der Waals surface area contributed by atoms with Crippen LogP contribution in [-0.4, -0.2) is 21.6 Å². The number of benzene rings is 1. The largest absolute Gasteiger partial charge is 0.385 e. The molecule has 0 saturated carbocycles. The molecule has 16 heavy (non-hydrogen) atoms. The van der Waals surface area contributed by atoms with E-state index < -0.39 is 11.4 Å². The van der Waals surface area contributed by atoms with Gasteiger partial charge in [0.1, 0.15) is 5.60 Å². The molecular weight excluding hydrogens is 206 g/mol. The zero-order valence-electron chi connectivity index (χ0n) is 9.47. The predicted octanol–water partition coefficient (Wildman–Crippen LogP) is 1.11. The standard InChI is InChI=1S/C12H17NO3/c1-11(2,14)12(15)8-10(13-16-12)9-6-4-3-5-7-9/h3-7,10,13-15H,8H2,1-2H3/t10-,12-/m1/s1. The van der Waals surface area contributed by atoms with Gasteiger partial charge in [0.05, 0.1) is 6.04 Å². The Morgan fingerprint density at radius 2 is 2.00 bits per heavy atom. The van der Waals surface area contributed by atoms with E-state index in [0.29, 0.717) is 6.42 Å². The molecule has 2 rings (SSSR count). The Labute approximate surface area is 94.8 Å². The highest BCUT2D eigenvalue weighted by molar-refractivity contribution is 5.20. The molecule has 0 bridgehead atoms. The molecule has 2 atom stereocenters. The summed E-state index contributed by atoms with van der Waals surface area (Å²) in [6.45, 7) is 3.06. The molecule has 1 aliphatic heterocycles. The molecule has 4 nitrogen and oxygen atoms in total. The maximum Gasteiger partial charge on any atom is 0.215 e. The molecule has 0 spiro atoms. The molecule has 0 radical (unpaired) electrons. The van der Waals surface area contributed by atoms with E-state index >= 15 is 0 Å². The van der Waals surface area contributed by atoms with Crippen LogP contribution in [0.15, 0.2) is 30.3 Å². The second kappa shape index (κ2) is 3.82. The Morgan fingerprint density at radius 3 is 2.50 bits per heavy atom. The third-order valence-electron chi connectivity index (χ3n) is 3.01. The van der Waals surface area contributed by atoms with Crippen molar-refractivity contribution in [1.29, 1.82) is 0 Å². The van der Waals surface area contributed by atoms with Gasteiger partial charge < -0.3 is 10.2 Å². The summed E-state index contributed by atoms with van der Waals surface area (Å²) in [5, 5.41) is 20.0. The Balaban J connectivity index is 2.15. The van der Waals surface area contributed by atoms with E-state index in [4.69, 9.17) is 4.84 Å². The fraction of sp³-hybridized carbons (Fsp3) is 0.500. The molecule has 88 valence electrons. The fourth-order valence-corrected chi connectivity index (χ4v) is 1.77. The van der Waals surface area contributed by atoms with E-state index in [-0.39, 0.29) is 6.04 Å². The minimum atomic E-state index is -1.55. The Kier molecular flexibility index (Phi) is 2.75. The average Bonchev–Trinajstić information content (AvgIpc) is 2.63. The van der Waals surface area contributed by atoms with Crippen LogP contribution in [0.2, 0.25) is 0 Å². The molecule has 1 aromatic carbocycles. The van der Waals surface area contributed by atoms with Gasteiger partial charge in [-0.1, -0.05) is 30.3 Å².